The molecule has 0 saturated heterocycles. The lowest BCUT2D eigenvalue weighted by Crippen LogP contribution is -2.31. The van der Waals surface area contributed by atoms with E-state index in [1.807, 2.05) is 44.4 Å². The van der Waals surface area contributed by atoms with Crippen LogP contribution in [0, 0.1) is 6.92 Å². The fourth-order valence-corrected chi connectivity index (χ4v) is 3.47. The number of rotatable bonds is 5. The topological polar surface area (TPSA) is 51.1 Å². The largest absolute Gasteiger partial charge is 0.494 e. The van der Waals surface area contributed by atoms with Gasteiger partial charge < -0.3 is 4.74 Å². The number of ether oxygens (including phenoxy) is 1. The van der Waals surface area contributed by atoms with Gasteiger partial charge in [-0.25, -0.2) is 9.97 Å². The van der Waals surface area contributed by atoms with E-state index < -0.39 is 0 Å². The molecule has 0 aliphatic carbocycles. The molecule has 27 heavy (non-hydrogen) atoms. The van der Waals surface area contributed by atoms with E-state index in [1.54, 1.807) is 0 Å². The zero-order valence-electron chi connectivity index (χ0n) is 15.9. The van der Waals surface area contributed by atoms with E-state index in [4.69, 9.17) is 4.74 Å². The van der Waals surface area contributed by atoms with Crippen molar-refractivity contribution in [1.82, 2.24) is 19.9 Å². The van der Waals surface area contributed by atoms with Gasteiger partial charge in [0.2, 0.25) is 0 Å². The van der Waals surface area contributed by atoms with Crippen LogP contribution in [0.5, 0.6) is 5.75 Å². The van der Waals surface area contributed by atoms with E-state index in [0.717, 1.165) is 48.9 Å². The predicted octanol–water partition coefficient (Wildman–Crippen LogP) is 3.80. The standard InChI is InChI=1S/C22H24N4O/c1-3-27-20-6-4-5-18(11-20)21-8-7-17(12-24-21)14-26-10-9-22-19(15-26)13-23-16(2)25-22/h4-8,11-13H,3,9-10,14-15H2,1-2H3. The average molecular weight is 360 g/mol. The first kappa shape index (κ1) is 17.6. The van der Waals surface area contributed by atoms with Gasteiger partial charge in [0.1, 0.15) is 11.6 Å². The molecular weight excluding hydrogens is 336 g/mol. The van der Waals surface area contributed by atoms with Crippen LogP contribution in [0.4, 0.5) is 0 Å². The van der Waals surface area contributed by atoms with Crippen LogP contribution in [0.25, 0.3) is 11.3 Å². The van der Waals surface area contributed by atoms with E-state index in [-0.39, 0.29) is 0 Å². The summed E-state index contributed by atoms with van der Waals surface area (Å²) in [5, 5.41) is 0. The zero-order chi connectivity index (χ0) is 18.6. The molecule has 0 fully saturated rings. The first-order chi connectivity index (χ1) is 13.2. The van der Waals surface area contributed by atoms with Crippen LogP contribution in [0.1, 0.15) is 29.6 Å². The molecule has 0 radical (unpaired) electrons. The molecule has 0 spiro atoms. The van der Waals surface area contributed by atoms with Gasteiger partial charge in [-0.2, -0.15) is 0 Å². The van der Waals surface area contributed by atoms with Crippen LogP contribution >= 0.6 is 0 Å². The van der Waals surface area contributed by atoms with Gasteiger partial charge in [0.15, 0.2) is 0 Å². The Morgan fingerprint density at radius 3 is 2.85 bits per heavy atom. The normalized spacial score (nSPS) is 14.0. The minimum Gasteiger partial charge on any atom is -0.494 e. The van der Waals surface area contributed by atoms with Crippen molar-refractivity contribution < 1.29 is 4.74 Å². The number of benzene rings is 1. The van der Waals surface area contributed by atoms with Gasteiger partial charge in [-0.05, 0) is 37.6 Å². The molecule has 0 saturated carbocycles. The van der Waals surface area contributed by atoms with Crippen molar-refractivity contribution in [3.8, 4) is 17.0 Å². The Labute approximate surface area is 160 Å². The number of pyridine rings is 1. The summed E-state index contributed by atoms with van der Waals surface area (Å²) in [5.74, 6) is 1.74. The fourth-order valence-electron chi connectivity index (χ4n) is 3.47. The average Bonchev–Trinajstić information content (AvgIpc) is 2.69. The van der Waals surface area contributed by atoms with Gasteiger partial charge in [0.25, 0.3) is 0 Å². The number of hydrogen-bond acceptors (Lipinski definition) is 5. The maximum absolute atomic E-state index is 5.58. The van der Waals surface area contributed by atoms with Gasteiger partial charge in [-0.1, -0.05) is 18.2 Å². The molecule has 2 aromatic heterocycles. The molecule has 0 bridgehead atoms. The first-order valence-electron chi connectivity index (χ1n) is 9.43. The molecule has 4 rings (SSSR count). The Bertz CT molecular complexity index is 924. The zero-order valence-corrected chi connectivity index (χ0v) is 15.9. The van der Waals surface area contributed by atoms with Crippen molar-refractivity contribution in [2.45, 2.75) is 33.4 Å². The maximum atomic E-state index is 5.58. The molecule has 5 heteroatoms. The Morgan fingerprint density at radius 2 is 2.04 bits per heavy atom. The number of fused-ring (bicyclic) bond motifs is 1. The van der Waals surface area contributed by atoms with Crippen molar-refractivity contribution in [3.05, 3.63) is 71.4 Å². The Balaban J connectivity index is 1.44. The molecule has 1 aromatic carbocycles. The highest BCUT2D eigenvalue weighted by Gasteiger charge is 2.18. The summed E-state index contributed by atoms with van der Waals surface area (Å²) < 4.78 is 5.58. The van der Waals surface area contributed by atoms with Gasteiger partial charge in [0.05, 0.1) is 12.3 Å². The summed E-state index contributed by atoms with van der Waals surface area (Å²) in [6, 6.07) is 12.3. The second-order valence-corrected chi connectivity index (χ2v) is 6.86. The number of aromatic nitrogens is 3. The fraction of sp³-hybridized carbons (Fsp3) is 0.318. The summed E-state index contributed by atoms with van der Waals surface area (Å²) in [7, 11) is 0. The minimum atomic E-state index is 0.666. The summed E-state index contributed by atoms with van der Waals surface area (Å²) in [6.07, 6.45) is 4.93. The molecule has 5 nitrogen and oxygen atoms in total. The van der Waals surface area contributed by atoms with Crippen molar-refractivity contribution in [2.75, 3.05) is 13.2 Å². The highest BCUT2D eigenvalue weighted by atomic mass is 16.5. The van der Waals surface area contributed by atoms with Crippen LogP contribution in [0.2, 0.25) is 0 Å². The van der Waals surface area contributed by atoms with Crippen molar-refractivity contribution in [2.24, 2.45) is 0 Å². The lowest BCUT2D eigenvalue weighted by molar-refractivity contribution is 0.242. The summed E-state index contributed by atoms with van der Waals surface area (Å²) in [6.45, 7) is 7.41. The van der Waals surface area contributed by atoms with E-state index >= 15 is 0 Å². The lowest BCUT2D eigenvalue weighted by atomic mass is 10.1. The van der Waals surface area contributed by atoms with Crippen LogP contribution in [0.3, 0.4) is 0 Å². The maximum Gasteiger partial charge on any atom is 0.125 e. The second-order valence-electron chi connectivity index (χ2n) is 6.86. The molecule has 0 unspecified atom stereocenters. The third kappa shape index (κ3) is 4.14. The van der Waals surface area contributed by atoms with E-state index in [1.165, 1.54) is 16.8 Å². The first-order valence-corrected chi connectivity index (χ1v) is 9.43. The van der Waals surface area contributed by atoms with Crippen LogP contribution in [0.15, 0.2) is 48.8 Å². The molecule has 0 atom stereocenters. The molecule has 3 aromatic rings. The van der Waals surface area contributed by atoms with Gasteiger partial charge >= 0.3 is 0 Å². The van der Waals surface area contributed by atoms with E-state index in [9.17, 15) is 0 Å². The predicted molar refractivity (Wildman–Crippen MR) is 105 cm³/mol. The third-order valence-corrected chi connectivity index (χ3v) is 4.81. The van der Waals surface area contributed by atoms with Crippen LogP contribution in [-0.4, -0.2) is 33.0 Å². The van der Waals surface area contributed by atoms with Crippen LogP contribution < -0.4 is 4.74 Å². The van der Waals surface area contributed by atoms with Gasteiger partial charge in [-0.3, -0.25) is 9.88 Å². The highest BCUT2D eigenvalue weighted by molar-refractivity contribution is 5.61. The second kappa shape index (κ2) is 7.84. The molecule has 1 aliphatic heterocycles. The summed E-state index contributed by atoms with van der Waals surface area (Å²) >= 11 is 0. The van der Waals surface area contributed by atoms with Crippen molar-refractivity contribution >= 4 is 0 Å². The summed E-state index contributed by atoms with van der Waals surface area (Å²) in [5.41, 5.74) is 5.70. The lowest BCUT2D eigenvalue weighted by Gasteiger charge is -2.27. The van der Waals surface area contributed by atoms with E-state index in [0.29, 0.717) is 6.61 Å². The summed E-state index contributed by atoms with van der Waals surface area (Å²) in [4.78, 5) is 16.0. The molecule has 138 valence electrons. The van der Waals surface area contributed by atoms with E-state index in [2.05, 4.69) is 38.1 Å². The van der Waals surface area contributed by atoms with Crippen molar-refractivity contribution in [1.29, 1.82) is 0 Å². The molecule has 1 aliphatic rings. The number of aryl methyl sites for hydroxylation is 1. The third-order valence-electron chi connectivity index (χ3n) is 4.81. The Morgan fingerprint density at radius 1 is 1.11 bits per heavy atom. The SMILES string of the molecule is CCOc1cccc(-c2ccc(CN3CCc4nc(C)ncc4C3)cn2)c1. The molecule has 3 heterocycles. The van der Waals surface area contributed by atoms with Gasteiger partial charge in [0, 0.05) is 55.3 Å². The molecule has 0 N–H and O–H groups in total. The highest BCUT2D eigenvalue weighted by Crippen LogP contribution is 2.23. The van der Waals surface area contributed by atoms with Crippen molar-refractivity contribution in [3.63, 3.8) is 0 Å². The Kier molecular flexibility index (Phi) is 5.12. The Hall–Kier alpha value is -2.79. The monoisotopic (exact) mass is 360 g/mol. The molecular formula is C22H24N4O. The minimum absolute atomic E-state index is 0.666. The number of nitrogens with zero attached hydrogens (tertiary/aromatic N) is 4. The van der Waals surface area contributed by atoms with Crippen LogP contribution in [-0.2, 0) is 19.5 Å². The smallest absolute Gasteiger partial charge is 0.125 e. The number of hydrogen-bond donors (Lipinski definition) is 0. The van der Waals surface area contributed by atoms with Gasteiger partial charge in [-0.15, -0.1) is 0 Å². The quantitative estimate of drug-likeness (QED) is 0.693. The molecule has 0 amide bonds.